The van der Waals surface area contributed by atoms with Crippen molar-refractivity contribution in [2.75, 3.05) is 6.54 Å². The van der Waals surface area contributed by atoms with Gasteiger partial charge in [-0.3, -0.25) is 19.3 Å². The third-order valence-corrected chi connectivity index (χ3v) is 4.71. The summed E-state index contributed by atoms with van der Waals surface area (Å²) in [6, 6.07) is 7.88. The zero-order valence-corrected chi connectivity index (χ0v) is 14.8. The average molecular weight is 387 g/mol. The summed E-state index contributed by atoms with van der Waals surface area (Å²) >= 11 is 0.642. The Labute approximate surface area is 157 Å². The van der Waals surface area contributed by atoms with Crippen LogP contribution in [-0.4, -0.2) is 44.7 Å². The number of aryl methyl sites for hydroxylation is 1. The van der Waals surface area contributed by atoms with E-state index in [9.17, 15) is 19.2 Å². The first-order valence-corrected chi connectivity index (χ1v) is 8.49. The van der Waals surface area contributed by atoms with E-state index in [1.807, 2.05) is 0 Å². The summed E-state index contributed by atoms with van der Waals surface area (Å²) in [5.74, 6) is -2.21. The minimum atomic E-state index is -1.28. The van der Waals surface area contributed by atoms with Gasteiger partial charge in [-0.15, -0.1) is 0 Å². The second-order valence-electron chi connectivity index (χ2n) is 5.70. The molecule has 0 bridgehead atoms. The van der Waals surface area contributed by atoms with Crippen molar-refractivity contribution in [1.82, 2.24) is 4.90 Å². The van der Waals surface area contributed by atoms with Crippen LogP contribution in [0.4, 0.5) is 4.79 Å². The summed E-state index contributed by atoms with van der Waals surface area (Å²) in [5, 5.41) is 17.1. The fraction of sp³-hybridized carbons (Fsp3) is 0.111. The van der Waals surface area contributed by atoms with E-state index in [-0.39, 0.29) is 10.5 Å². The predicted molar refractivity (Wildman–Crippen MR) is 96.2 cm³/mol. The van der Waals surface area contributed by atoms with Gasteiger partial charge in [-0.2, -0.15) is 0 Å². The van der Waals surface area contributed by atoms with Gasteiger partial charge in [-0.1, -0.05) is 6.07 Å². The number of carbonyl (C=O) groups is 4. The van der Waals surface area contributed by atoms with Crippen molar-refractivity contribution in [2.45, 2.75) is 6.92 Å². The fourth-order valence-electron chi connectivity index (χ4n) is 2.55. The Kier molecular flexibility index (Phi) is 4.87. The number of aromatic carboxylic acids is 1. The number of carbonyl (C=O) groups excluding carboxylic acids is 2. The van der Waals surface area contributed by atoms with Gasteiger partial charge in [-0.05, 0) is 48.5 Å². The molecule has 0 radical (unpaired) electrons. The summed E-state index contributed by atoms with van der Waals surface area (Å²) in [5.41, 5.74) is 1.56. The summed E-state index contributed by atoms with van der Waals surface area (Å²) in [6.07, 6.45) is 1.37. The number of nitrogens with zero attached hydrogens (tertiary/aromatic N) is 1. The van der Waals surface area contributed by atoms with Gasteiger partial charge in [0.05, 0.1) is 10.5 Å². The zero-order chi connectivity index (χ0) is 19.7. The lowest BCUT2D eigenvalue weighted by atomic mass is 10.0. The molecule has 3 rings (SSSR count). The Hall–Kier alpha value is -3.33. The lowest BCUT2D eigenvalue weighted by molar-refractivity contribution is -0.140. The first-order valence-electron chi connectivity index (χ1n) is 7.67. The van der Waals surface area contributed by atoms with Gasteiger partial charge in [0.15, 0.2) is 0 Å². The molecule has 2 heterocycles. The smallest absolute Gasteiger partial charge is 0.335 e. The number of carboxylic acids is 2. The minimum absolute atomic E-state index is 0.0695. The molecule has 1 aliphatic heterocycles. The lowest BCUT2D eigenvalue weighted by Crippen LogP contribution is -2.33. The van der Waals surface area contributed by atoms with Crippen LogP contribution >= 0.6 is 11.8 Å². The van der Waals surface area contributed by atoms with Crippen LogP contribution < -0.4 is 0 Å². The van der Waals surface area contributed by atoms with E-state index in [1.165, 1.54) is 18.2 Å². The van der Waals surface area contributed by atoms with Crippen molar-refractivity contribution in [3.8, 4) is 11.3 Å². The van der Waals surface area contributed by atoms with Gasteiger partial charge < -0.3 is 14.6 Å². The Morgan fingerprint density at radius 3 is 2.56 bits per heavy atom. The Balaban J connectivity index is 1.86. The molecular formula is C18H13NO7S. The molecule has 2 N–H and O–H groups in total. The zero-order valence-electron chi connectivity index (χ0n) is 14.0. The molecule has 0 spiro atoms. The van der Waals surface area contributed by atoms with Gasteiger partial charge in [-0.25, -0.2) is 4.79 Å². The largest absolute Gasteiger partial charge is 0.480 e. The number of thioether (sulfide) groups is 1. The van der Waals surface area contributed by atoms with Gasteiger partial charge in [0.25, 0.3) is 11.1 Å². The first kappa shape index (κ1) is 18.5. The Bertz CT molecular complexity index is 1000. The normalized spacial score (nSPS) is 15.6. The highest BCUT2D eigenvalue weighted by Gasteiger charge is 2.36. The maximum atomic E-state index is 12.1. The molecule has 0 unspecified atom stereocenters. The second kappa shape index (κ2) is 7.12. The summed E-state index contributed by atoms with van der Waals surface area (Å²) in [6.45, 7) is 1.06. The minimum Gasteiger partial charge on any atom is -0.480 e. The topological polar surface area (TPSA) is 125 Å². The number of amides is 2. The average Bonchev–Trinajstić information content (AvgIpc) is 3.15. The van der Waals surface area contributed by atoms with E-state index in [2.05, 4.69) is 0 Å². The van der Waals surface area contributed by atoms with Crippen molar-refractivity contribution < 1.29 is 33.8 Å². The number of furan rings is 1. The molecule has 138 valence electrons. The highest BCUT2D eigenvalue weighted by molar-refractivity contribution is 8.18. The number of carboxylic acid groups (broad SMARTS) is 2. The van der Waals surface area contributed by atoms with Crippen LogP contribution in [0.5, 0.6) is 0 Å². The molecule has 2 amide bonds. The number of rotatable bonds is 5. The number of aliphatic carboxylic acids is 1. The molecular weight excluding hydrogens is 374 g/mol. The summed E-state index contributed by atoms with van der Waals surface area (Å²) in [7, 11) is 0. The number of benzene rings is 1. The molecule has 1 aromatic carbocycles. The van der Waals surface area contributed by atoms with E-state index in [4.69, 9.17) is 14.6 Å². The molecule has 8 nitrogen and oxygen atoms in total. The van der Waals surface area contributed by atoms with Crippen LogP contribution in [0.1, 0.15) is 21.7 Å². The monoisotopic (exact) mass is 387 g/mol. The van der Waals surface area contributed by atoms with E-state index in [0.29, 0.717) is 39.3 Å². The van der Waals surface area contributed by atoms with E-state index < -0.39 is 29.6 Å². The van der Waals surface area contributed by atoms with E-state index in [1.54, 1.807) is 25.1 Å². The molecule has 0 saturated carbocycles. The maximum absolute atomic E-state index is 12.1. The third-order valence-electron chi connectivity index (χ3n) is 3.81. The Morgan fingerprint density at radius 2 is 1.93 bits per heavy atom. The first-order chi connectivity index (χ1) is 12.8. The molecule has 1 fully saturated rings. The van der Waals surface area contributed by atoms with Crippen molar-refractivity contribution in [3.05, 3.63) is 52.1 Å². The molecule has 9 heteroatoms. The van der Waals surface area contributed by atoms with Gasteiger partial charge in [0.1, 0.15) is 18.1 Å². The Morgan fingerprint density at radius 1 is 1.19 bits per heavy atom. The maximum Gasteiger partial charge on any atom is 0.335 e. The van der Waals surface area contributed by atoms with Crippen LogP contribution in [0.25, 0.3) is 17.4 Å². The number of hydrogen-bond donors (Lipinski definition) is 2. The SMILES string of the molecule is Cc1cc(C(=O)O)ccc1-c1ccc(/C=C2\SC(=O)N(CC(=O)O)C2=O)o1. The van der Waals surface area contributed by atoms with E-state index in [0.717, 1.165) is 0 Å². The van der Waals surface area contributed by atoms with Crippen molar-refractivity contribution >= 4 is 40.9 Å². The van der Waals surface area contributed by atoms with Gasteiger partial charge in [0.2, 0.25) is 0 Å². The highest BCUT2D eigenvalue weighted by atomic mass is 32.2. The third kappa shape index (κ3) is 3.77. The van der Waals surface area contributed by atoms with Crippen LogP contribution in [0.15, 0.2) is 39.7 Å². The summed E-state index contributed by atoms with van der Waals surface area (Å²) in [4.78, 5) is 46.4. The lowest BCUT2D eigenvalue weighted by Gasteiger charge is -2.07. The van der Waals surface area contributed by atoms with E-state index >= 15 is 0 Å². The van der Waals surface area contributed by atoms with Crippen LogP contribution in [0, 0.1) is 6.92 Å². The van der Waals surface area contributed by atoms with Gasteiger partial charge >= 0.3 is 11.9 Å². The van der Waals surface area contributed by atoms with Crippen molar-refractivity contribution in [2.24, 2.45) is 0 Å². The van der Waals surface area contributed by atoms with Crippen molar-refractivity contribution in [3.63, 3.8) is 0 Å². The molecule has 0 aliphatic carbocycles. The molecule has 0 atom stereocenters. The molecule has 1 saturated heterocycles. The van der Waals surface area contributed by atoms with Crippen LogP contribution in [-0.2, 0) is 9.59 Å². The highest BCUT2D eigenvalue weighted by Crippen LogP contribution is 2.33. The standard InChI is InChI=1S/C18H13NO7S/c1-9-6-10(17(23)24)2-4-12(9)13-5-3-11(26-13)7-14-16(22)19(8-15(20)21)18(25)27-14/h2-7H,8H2,1H3,(H,20,21)(H,23,24)/b14-7-. The van der Waals surface area contributed by atoms with Gasteiger partial charge in [0, 0.05) is 11.6 Å². The predicted octanol–water partition coefficient (Wildman–Crippen LogP) is 3.07. The van der Waals surface area contributed by atoms with Crippen LogP contribution in [0.3, 0.4) is 0 Å². The fourth-order valence-corrected chi connectivity index (χ4v) is 3.37. The quantitative estimate of drug-likeness (QED) is 0.750. The molecule has 2 aromatic rings. The molecule has 1 aliphatic rings. The van der Waals surface area contributed by atoms with Crippen molar-refractivity contribution in [1.29, 1.82) is 0 Å². The number of hydrogen-bond acceptors (Lipinski definition) is 6. The molecule has 27 heavy (non-hydrogen) atoms. The molecule has 1 aromatic heterocycles. The van der Waals surface area contributed by atoms with Crippen LogP contribution in [0.2, 0.25) is 0 Å². The second-order valence-corrected chi connectivity index (χ2v) is 6.69. The summed E-state index contributed by atoms with van der Waals surface area (Å²) < 4.78 is 5.68. The number of imide groups is 1.